The number of benzene rings is 1. The first-order valence-electron chi connectivity index (χ1n) is 6.45. The molecule has 1 saturated heterocycles. The molecule has 2 N–H and O–H groups in total. The summed E-state index contributed by atoms with van der Waals surface area (Å²) < 4.78 is 11.1. The maximum atomic E-state index is 10.8. The van der Waals surface area contributed by atoms with Gasteiger partial charge in [-0.15, -0.1) is 0 Å². The molecule has 0 bridgehead atoms. The van der Waals surface area contributed by atoms with Gasteiger partial charge in [-0.1, -0.05) is 6.07 Å². The van der Waals surface area contributed by atoms with E-state index in [1.54, 1.807) is 6.07 Å². The zero-order valence-corrected chi connectivity index (χ0v) is 11.6. The molecule has 1 aromatic carbocycles. The highest BCUT2D eigenvalue weighted by atomic mass is 16.5. The first kappa shape index (κ1) is 14.6. The zero-order chi connectivity index (χ0) is 14.7. The van der Waals surface area contributed by atoms with Gasteiger partial charge < -0.3 is 24.6 Å². The summed E-state index contributed by atoms with van der Waals surface area (Å²) in [6, 6.07) is 4.65. The lowest BCUT2D eigenvalue weighted by Crippen LogP contribution is -2.21. The van der Waals surface area contributed by atoms with Crippen LogP contribution in [-0.4, -0.2) is 54.4 Å². The van der Waals surface area contributed by atoms with Gasteiger partial charge in [0, 0.05) is 13.1 Å². The number of ether oxygens (including phenoxy) is 2. The SMILES string of the molecule is COc1ccc(C(O)C(=O)O)cc1OC1CCN(C)C1. The first-order valence-corrected chi connectivity index (χ1v) is 6.45. The summed E-state index contributed by atoms with van der Waals surface area (Å²) >= 11 is 0. The van der Waals surface area contributed by atoms with Crippen LogP contribution >= 0.6 is 0 Å². The maximum Gasteiger partial charge on any atom is 0.337 e. The highest BCUT2D eigenvalue weighted by Crippen LogP contribution is 2.32. The third-order valence-corrected chi connectivity index (χ3v) is 3.38. The number of rotatable bonds is 5. The third-order valence-electron chi connectivity index (χ3n) is 3.38. The molecule has 1 aliphatic rings. The molecule has 1 aromatic rings. The topological polar surface area (TPSA) is 79.2 Å². The quantitative estimate of drug-likeness (QED) is 0.834. The molecule has 0 aromatic heterocycles. The number of hydrogen-bond acceptors (Lipinski definition) is 5. The highest BCUT2D eigenvalue weighted by molar-refractivity contribution is 5.74. The molecule has 0 amide bonds. The third kappa shape index (κ3) is 3.20. The van der Waals surface area contributed by atoms with Gasteiger partial charge in [-0.3, -0.25) is 0 Å². The number of aliphatic carboxylic acids is 1. The molecule has 1 fully saturated rings. The Bertz CT molecular complexity index is 490. The van der Waals surface area contributed by atoms with Crippen molar-refractivity contribution >= 4 is 5.97 Å². The van der Waals surface area contributed by atoms with Gasteiger partial charge in [0.1, 0.15) is 6.10 Å². The van der Waals surface area contributed by atoms with Gasteiger partial charge >= 0.3 is 5.97 Å². The lowest BCUT2D eigenvalue weighted by Gasteiger charge is -2.17. The average molecular weight is 281 g/mol. The van der Waals surface area contributed by atoms with E-state index >= 15 is 0 Å². The minimum absolute atomic E-state index is 0.0473. The normalized spacial score (nSPS) is 20.6. The average Bonchev–Trinajstić information content (AvgIpc) is 2.83. The first-order chi connectivity index (χ1) is 9.51. The number of carboxylic acid groups (broad SMARTS) is 1. The summed E-state index contributed by atoms with van der Waals surface area (Å²) in [7, 11) is 3.54. The van der Waals surface area contributed by atoms with E-state index in [0.717, 1.165) is 19.5 Å². The van der Waals surface area contributed by atoms with Gasteiger partial charge in [-0.25, -0.2) is 4.79 Å². The summed E-state index contributed by atoms with van der Waals surface area (Å²) in [6.07, 6.45) is -0.605. The van der Waals surface area contributed by atoms with E-state index in [1.165, 1.54) is 19.2 Å². The van der Waals surface area contributed by atoms with Crippen molar-refractivity contribution in [2.75, 3.05) is 27.2 Å². The number of likely N-dealkylation sites (tertiary alicyclic amines) is 1. The van der Waals surface area contributed by atoms with E-state index < -0.39 is 12.1 Å². The molecule has 6 nitrogen and oxygen atoms in total. The molecule has 0 radical (unpaired) electrons. The fourth-order valence-corrected chi connectivity index (χ4v) is 2.27. The summed E-state index contributed by atoms with van der Waals surface area (Å²) in [6.45, 7) is 1.78. The van der Waals surface area contributed by atoms with Gasteiger partial charge in [-0.05, 0) is 31.2 Å². The highest BCUT2D eigenvalue weighted by Gasteiger charge is 2.24. The fourth-order valence-electron chi connectivity index (χ4n) is 2.27. The molecular weight excluding hydrogens is 262 g/mol. The molecule has 1 aliphatic heterocycles. The van der Waals surface area contributed by atoms with E-state index in [-0.39, 0.29) is 11.7 Å². The van der Waals surface area contributed by atoms with Crippen molar-refractivity contribution in [3.05, 3.63) is 23.8 Å². The van der Waals surface area contributed by atoms with Crippen molar-refractivity contribution in [2.24, 2.45) is 0 Å². The fraction of sp³-hybridized carbons (Fsp3) is 0.500. The van der Waals surface area contributed by atoms with Crippen molar-refractivity contribution in [3.8, 4) is 11.5 Å². The molecule has 0 saturated carbocycles. The predicted octanol–water partition coefficient (Wildman–Crippen LogP) is 0.896. The van der Waals surface area contributed by atoms with Crippen molar-refractivity contribution in [2.45, 2.75) is 18.6 Å². The largest absolute Gasteiger partial charge is 0.493 e. The molecule has 110 valence electrons. The van der Waals surface area contributed by atoms with Crippen LogP contribution in [0.15, 0.2) is 18.2 Å². The van der Waals surface area contributed by atoms with Gasteiger partial charge in [0.15, 0.2) is 17.6 Å². The van der Waals surface area contributed by atoms with E-state index in [2.05, 4.69) is 4.90 Å². The summed E-state index contributed by atoms with van der Waals surface area (Å²) in [5, 5.41) is 18.4. The second kappa shape index (κ2) is 6.11. The van der Waals surface area contributed by atoms with E-state index in [4.69, 9.17) is 14.6 Å². The number of nitrogens with zero attached hydrogens (tertiary/aromatic N) is 1. The maximum absolute atomic E-state index is 10.8. The second-order valence-electron chi connectivity index (χ2n) is 4.94. The molecule has 1 heterocycles. The molecule has 6 heteroatoms. The lowest BCUT2D eigenvalue weighted by molar-refractivity contribution is -0.146. The molecule has 20 heavy (non-hydrogen) atoms. The smallest absolute Gasteiger partial charge is 0.337 e. The van der Waals surface area contributed by atoms with E-state index in [1.807, 2.05) is 7.05 Å². The number of carboxylic acids is 1. The van der Waals surface area contributed by atoms with E-state index in [9.17, 15) is 9.90 Å². The Labute approximate surface area is 117 Å². The number of hydrogen-bond donors (Lipinski definition) is 2. The van der Waals surface area contributed by atoms with Crippen LogP contribution in [0.1, 0.15) is 18.1 Å². The Hall–Kier alpha value is -1.79. The number of aliphatic hydroxyl groups excluding tert-OH is 1. The molecule has 2 atom stereocenters. The molecule has 2 rings (SSSR count). The van der Waals surface area contributed by atoms with Crippen LogP contribution in [-0.2, 0) is 4.79 Å². The Morgan fingerprint density at radius 1 is 1.45 bits per heavy atom. The minimum Gasteiger partial charge on any atom is -0.493 e. The summed E-state index contributed by atoms with van der Waals surface area (Å²) in [4.78, 5) is 13.0. The number of carbonyl (C=O) groups is 1. The monoisotopic (exact) mass is 281 g/mol. The van der Waals surface area contributed by atoms with Crippen LogP contribution in [0.4, 0.5) is 0 Å². The standard InChI is InChI=1S/C14H19NO5/c1-15-6-5-10(8-15)20-12-7-9(13(16)14(17)18)3-4-11(12)19-2/h3-4,7,10,13,16H,5-6,8H2,1-2H3,(H,17,18). The molecule has 0 aliphatic carbocycles. The minimum atomic E-state index is -1.56. The molecular formula is C14H19NO5. The molecule has 2 unspecified atom stereocenters. The molecule has 0 spiro atoms. The van der Waals surface area contributed by atoms with Gasteiger partial charge in [0.05, 0.1) is 7.11 Å². The summed E-state index contributed by atoms with van der Waals surface area (Å²) in [5.74, 6) is -0.298. The Morgan fingerprint density at radius 2 is 2.20 bits per heavy atom. The Morgan fingerprint density at radius 3 is 2.75 bits per heavy atom. The van der Waals surface area contributed by atoms with Gasteiger partial charge in [0.2, 0.25) is 0 Å². The van der Waals surface area contributed by atoms with Crippen molar-refractivity contribution in [3.63, 3.8) is 0 Å². The number of aliphatic hydroxyl groups is 1. The van der Waals surface area contributed by atoms with Crippen LogP contribution in [0.3, 0.4) is 0 Å². The van der Waals surface area contributed by atoms with Crippen LogP contribution in [0, 0.1) is 0 Å². The van der Waals surface area contributed by atoms with Gasteiger partial charge in [0.25, 0.3) is 0 Å². The van der Waals surface area contributed by atoms with Gasteiger partial charge in [-0.2, -0.15) is 0 Å². The van der Waals surface area contributed by atoms with Crippen molar-refractivity contribution in [1.82, 2.24) is 4.90 Å². The van der Waals surface area contributed by atoms with Crippen molar-refractivity contribution < 1.29 is 24.5 Å². The Kier molecular flexibility index (Phi) is 4.46. The van der Waals surface area contributed by atoms with Crippen LogP contribution in [0.5, 0.6) is 11.5 Å². The number of likely N-dealkylation sites (N-methyl/N-ethyl adjacent to an activating group) is 1. The predicted molar refractivity (Wildman–Crippen MR) is 72.1 cm³/mol. The van der Waals surface area contributed by atoms with Crippen LogP contribution in [0.25, 0.3) is 0 Å². The van der Waals surface area contributed by atoms with E-state index in [0.29, 0.717) is 11.5 Å². The second-order valence-corrected chi connectivity index (χ2v) is 4.94. The Balaban J connectivity index is 2.20. The van der Waals surface area contributed by atoms with Crippen LogP contribution in [0.2, 0.25) is 0 Å². The lowest BCUT2D eigenvalue weighted by atomic mass is 10.1. The van der Waals surface area contributed by atoms with Crippen molar-refractivity contribution in [1.29, 1.82) is 0 Å². The summed E-state index contributed by atoms with van der Waals surface area (Å²) in [5.41, 5.74) is 0.277. The van der Waals surface area contributed by atoms with Crippen LogP contribution < -0.4 is 9.47 Å². The number of methoxy groups -OCH3 is 1. The zero-order valence-electron chi connectivity index (χ0n) is 11.6.